The Morgan fingerprint density at radius 2 is 2.04 bits per heavy atom. The first-order valence-electron chi connectivity index (χ1n) is 8.59. The lowest BCUT2D eigenvalue weighted by atomic mass is 10.2. The van der Waals surface area contributed by atoms with E-state index < -0.39 is 0 Å². The number of amides is 1. The number of fused-ring (bicyclic) bond motifs is 1. The molecule has 0 saturated heterocycles. The van der Waals surface area contributed by atoms with Gasteiger partial charge in [0.1, 0.15) is 5.82 Å². The lowest BCUT2D eigenvalue weighted by Gasteiger charge is -2.20. The molecule has 0 radical (unpaired) electrons. The van der Waals surface area contributed by atoms with Gasteiger partial charge < -0.3 is 4.57 Å². The number of anilines is 1. The number of rotatable bonds is 6. The van der Waals surface area contributed by atoms with Crippen LogP contribution in [0.4, 0.5) is 9.52 Å². The van der Waals surface area contributed by atoms with Gasteiger partial charge in [0.15, 0.2) is 5.13 Å². The molecule has 0 spiro atoms. The van der Waals surface area contributed by atoms with E-state index in [9.17, 15) is 9.18 Å². The molecule has 0 aliphatic rings. The second-order valence-corrected chi connectivity index (χ2v) is 7.09. The smallest absolute Gasteiger partial charge is 0.260 e. The van der Waals surface area contributed by atoms with Crippen molar-refractivity contribution in [1.29, 1.82) is 0 Å². The van der Waals surface area contributed by atoms with Crippen LogP contribution in [0.15, 0.2) is 67.3 Å². The molecular formula is C20H17FN4OS. The van der Waals surface area contributed by atoms with Crippen LogP contribution in [0, 0.1) is 5.82 Å². The fourth-order valence-electron chi connectivity index (χ4n) is 2.85. The zero-order chi connectivity index (χ0) is 18.6. The maximum absolute atomic E-state index is 13.5. The zero-order valence-corrected chi connectivity index (χ0v) is 15.3. The van der Waals surface area contributed by atoms with Crippen LogP contribution in [-0.2, 0) is 6.54 Å². The first-order valence-corrected chi connectivity index (χ1v) is 9.41. The lowest BCUT2D eigenvalue weighted by Crippen LogP contribution is -2.32. The largest absolute Gasteiger partial charge is 0.337 e. The third-order valence-electron chi connectivity index (χ3n) is 4.19. The van der Waals surface area contributed by atoms with E-state index in [1.54, 1.807) is 35.6 Å². The molecule has 4 rings (SSSR count). The molecular weight excluding hydrogens is 363 g/mol. The molecule has 7 heteroatoms. The first kappa shape index (κ1) is 17.4. The number of hydrogen-bond acceptors (Lipinski definition) is 4. The van der Waals surface area contributed by atoms with E-state index in [-0.39, 0.29) is 11.7 Å². The van der Waals surface area contributed by atoms with E-state index in [0.29, 0.717) is 22.8 Å². The fraction of sp³-hybridized carbons (Fsp3) is 0.150. The quantitative estimate of drug-likeness (QED) is 0.499. The van der Waals surface area contributed by atoms with Gasteiger partial charge in [-0.15, -0.1) is 0 Å². The van der Waals surface area contributed by atoms with Crippen LogP contribution in [0.5, 0.6) is 0 Å². The van der Waals surface area contributed by atoms with E-state index in [2.05, 4.69) is 9.97 Å². The summed E-state index contributed by atoms with van der Waals surface area (Å²) in [5, 5.41) is 0.579. The number of nitrogens with zero attached hydrogens (tertiary/aromatic N) is 4. The second kappa shape index (κ2) is 7.67. The maximum Gasteiger partial charge on any atom is 0.260 e. The molecule has 136 valence electrons. The summed E-state index contributed by atoms with van der Waals surface area (Å²) in [4.78, 5) is 23.3. The number of aromatic nitrogens is 3. The Labute approximate surface area is 159 Å². The number of carbonyl (C=O) groups excluding carboxylic acids is 1. The molecule has 2 heterocycles. The van der Waals surface area contributed by atoms with Crippen LogP contribution >= 0.6 is 11.3 Å². The Balaban J connectivity index is 1.62. The number of benzene rings is 2. The zero-order valence-electron chi connectivity index (χ0n) is 14.5. The summed E-state index contributed by atoms with van der Waals surface area (Å²) in [5.74, 6) is -0.417. The van der Waals surface area contributed by atoms with Crippen molar-refractivity contribution in [3.63, 3.8) is 0 Å². The van der Waals surface area contributed by atoms with Crippen LogP contribution in [0.2, 0.25) is 0 Å². The van der Waals surface area contributed by atoms with Gasteiger partial charge in [0.2, 0.25) is 0 Å². The molecule has 0 atom stereocenters. The molecule has 0 aliphatic heterocycles. The Kier molecular flexibility index (Phi) is 4.93. The van der Waals surface area contributed by atoms with Gasteiger partial charge in [-0.1, -0.05) is 29.5 Å². The van der Waals surface area contributed by atoms with Crippen LogP contribution in [0.25, 0.3) is 10.2 Å². The molecule has 4 aromatic rings. The van der Waals surface area contributed by atoms with Crippen molar-refractivity contribution in [2.45, 2.75) is 13.0 Å². The molecule has 0 N–H and O–H groups in total. The van der Waals surface area contributed by atoms with Gasteiger partial charge in [-0.25, -0.2) is 14.4 Å². The summed E-state index contributed by atoms with van der Waals surface area (Å²) >= 11 is 1.33. The average molecular weight is 380 g/mol. The summed E-state index contributed by atoms with van der Waals surface area (Å²) in [6.45, 7) is 1.26. The Morgan fingerprint density at radius 1 is 1.19 bits per heavy atom. The molecule has 1 amide bonds. The van der Waals surface area contributed by atoms with E-state index in [0.717, 1.165) is 17.7 Å². The minimum Gasteiger partial charge on any atom is -0.337 e. The van der Waals surface area contributed by atoms with Crippen molar-refractivity contribution in [1.82, 2.24) is 14.5 Å². The predicted molar refractivity (Wildman–Crippen MR) is 105 cm³/mol. The van der Waals surface area contributed by atoms with Crippen molar-refractivity contribution in [2.75, 3.05) is 11.4 Å². The average Bonchev–Trinajstić information content (AvgIpc) is 3.34. The molecule has 0 bridgehead atoms. The topological polar surface area (TPSA) is 51.0 Å². The highest BCUT2D eigenvalue weighted by Crippen LogP contribution is 2.30. The van der Waals surface area contributed by atoms with Crippen molar-refractivity contribution >= 4 is 32.6 Å². The summed E-state index contributed by atoms with van der Waals surface area (Å²) in [6.07, 6.45) is 6.13. The molecule has 0 fully saturated rings. The minimum atomic E-state index is -0.307. The number of halogens is 1. The summed E-state index contributed by atoms with van der Waals surface area (Å²) in [6, 6.07) is 13.6. The van der Waals surface area contributed by atoms with E-state index in [1.165, 1.54) is 23.5 Å². The van der Waals surface area contributed by atoms with Crippen LogP contribution in [0.1, 0.15) is 16.8 Å². The van der Waals surface area contributed by atoms with Crippen LogP contribution in [-0.4, -0.2) is 27.0 Å². The molecule has 2 aromatic heterocycles. The molecule has 2 aromatic carbocycles. The van der Waals surface area contributed by atoms with E-state index in [4.69, 9.17) is 0 Å². The van der Waals surface area contributed by atoms with E-state index >= 15 is 0 Å². The van der Waals surface area contributed by atoms with Crippen LogP contribution < -0.4 is 4.90 Å². The van der Waals surface area contributed by atoms with Gasteiger partial charge in [0, 0.05) is 31.0 Å². The first-order chi connectivity index (χ1) is 13.2. The van der Waals surface area contributed by atoms with Gasteiger partial charge in [-0.05, 0) is 36.8 Å². The fourth-order valence-corrected chi connectivity index (χ4v) is 3.87. The standard InChI is InChI=1S/C20H17FN4OS/c21-16-7-8-17-18(13-16)27-20(23-17)25(11-4-10-24-12-9-22-14-24)19(26)15-5-2-1-3-6-15/h1-3,5-9,12-14H,4,10-11H2. The summed E-state index contributed by atoms with van der Waals surface area (Å²) in [5.41, 5.74) is 1.29. The van der Waals surface area contributed by atoms with Crippen molar-refractivity contribution in [3.05, 3.63) is 78.6 Å². The van der Waals surface area contributed by atoms with Gasteiger partial charge >= 0.3 is 0 Å². The second-order valence-electron chi connectivity index (χ2n) is 6.09. The molecule has 27 heavy (non-hydrogen) atoms. The summed E-state index contributed by atoms with van der Waals surface area (Å²) < 4.78 is 16.2. The third-order valence-corrected chi connectivity index (χ3v) is 5.23. The number of hydrogen-bond donors (Lipinski definition) is 0. The maximum atomic E-state index is 13.5. The normalized spacial score (nSPS) is 11.0. The lowest BCUT2D eigenvalue weighted by molar-refractivity contribution is 0.0986. The van der Waals surface area contributed by atoms with Crippen molar-refractivity contribution in [2.24, 2.45) is 0 Å². The third kappa shape index (κ3) is 3.88. The SMILES string of the molecule is O=C(c1ccccc1)N(CCCn1ccnc1)c1nc2ccc(F)cc2s1. The number of thiazole rings is 1. The van der Waals surface area contributed by atoms with Gasteiger partial charge in [0.25, 0.3) is 5.91 Å². The number of carbonyl (C=O) groups is 1. The van der Waals surface area contributed by atoms with Crippen molar-refractivity contribution in [3.8, 4) is 0 Å². The molecule has 0 aliphatic carbocycles. The van der Waals surface area contributed by atoms with Gasteiger partial charge in [0.05, 0.1) is 16.5 Å². The Hall–Kier alpha value is -3.06. The van der Waals surface area contributed by atoms with Crippen molar-refractivity contribution < 1.29 is 9.18 Å². The van der Waals surface area contributed by atoms with Crippen LogP contribution in [0.3, 0.4) is 0 Å². The Morgan fingerprint density at radius 3 is 2.81 bits per heavy atom. The highest BCUT2D eigenvalue weighted by Gasteiger charge is 2.21. The van der Waals surface area contributed by atoms with E-state index in [1.807, 2.05) is 29.0 Å². The Bertz CT molecular complexity index is 1050. The highest BCUT2D eigenvalue weighted by molar-refractivity contribution is 7.22. The van der Waals surface area contributed by atoms with Gasteiger partial charge in [-0.3, -0.25) is 9.69 Å². The number of imidazole rings is 1. The number of aryl methyl sites for hydroxylation is 1. The van der Waals surface area contributed by atoms with Gasteiger partial charge in [-0.2, -0.15) is 0 Å². The monoisotopic (exact) mass is 380 g/mol. The highest BCUT2D eigenvalue weighted by atomic mass is 32.1. The molecule has 0 unspecified atom stereocenters. The molecule has 5 nitrogen and oxygen atoms in total. The predicted octanol–water partition coefficient (Wildman–Crippen LogP) is 4.37. The summed E-state index contributed by atoms with van der Waals surface area (Å²) in [7, 11) is 0. The minimum absolute atomic E-state index is 0.110. The molecule has 0 saturated carbocycles.